The number of β-amino-alcohol motifs (C(OH)–C–C–N with tert-alkyl or cyclic N) is 1. The Kier molecular flexibility index (Phi) is 4.96. The number of hydrogen-bond acceptors (Lipinski definition) is 5. The summed E-state index contributed by atoms with van der Waals surface area (Å²) >= 11 is 1.95. The minimum absolute atomic E-state index is 0.367. The Morgan fingerprint density at radius 1 is 1.25 bits per heavy atom. The summed E-state index contributed by atoms with van der Waals surface area (Å²) < 4.78 is 1.81. The second-order valence-electron chi connectivity index (χ2n) is 7.11. The van der Waals surface area contributed by atoms with Crippen LogP contribution in [0.5, 0.6) is 0 Å². The summed E-state index contributed by atoms with van der Waals surface area (Å²) in [5, 5.41) is 15.9. The number of aromatic nitrogens is 3. The van der Waals surface area contributed by atoms with Crippen LogP contribution in [-0.4, -0.2) is 50.5 Å². The second kappa shape index (κ2) is 7.33. The van der Waals surface area contributed by atoms with Gasteiger partial charge in [-0.05, 0) is 51.1 Å². The molecule has 0 aromatic carbocycles. The molecule has 2 aliphatic rings. The van der Waals surface area contributed by atoms with Crippen molar-refractivity contribution in [3.8, 4) is 0 Å². The first kappa shape index (κ1) is 16.2. The maximum Gasteiger partial charge on any atom is 0.0974 e. The summed E-state index contributed by atoms with van der Waals surface area (Å²) in [6.45, 7) is 3.40. The van der Waals surface area contributed by atoms with E-state index in [2.05, 4.69) is 10.00 Å². The maximum absolute atomic E-state index is 10.3. The minimum Gasteiger partial charge on any atom is -0.390 e. The van der Waals surface area contributed by atoms with Crippen LogP contribution in [0.1, 0.15) is 47.2 Å². The monoisotopic (exact) mass is 346 g/mol. The van der Waals surface area contributed by atoms with E-state index in [0.717, 1.165) is 19.6 Å². The highest BCUT2D eigenvalue weighted by Crippen LogP contribution is 2.34. The van der Waals surface area contributed by atoms with Crippen molar-refractivity contribution in [2.45, 2.75) is 57.1 Å². The maximum atomic E-state index is 10.3. The van der Waals surface area contributed by atoms with Gasteiger partial charge in [0.15, 0.2) is 0 Å². The number of thiazole rings is 1. The highest BCUT2D eigenvalue weighted by atomic mass is 32.1. The average molecular weight is 347 g/mol. The minimum atomic E-state index is -0.367. The molecule has 130 valence electrons. The van der Waals surface area contributed by atoms with Crippen molar-refractivity contribution in [1.82, 2.24) is 19.7 Å². The average Bonchev–Trinajstić information content (AvgIpc) is 3.24. The molecule has 4 rings (SSSR count). The summed E-state index contributed by atoms with van der Waals surface area (Å²) in [4.78, 5) is 8.90. The Morgan fingerprint density at radius 3 is 3.00 bits per heavy atom. The normalized spacial score (nSPS) is 23.1. The lowest BCUT2D eigenvalue weighted by Crippen LogP contribution is -2.40. The molecule has 0 radical (unpaired) electrons. The van der Waals surface area contributed by atoms with Crippen LogP contribution in [0, 0.1) is 0 Å². The van der Waals surface area contributed by atoms with E-state index in [1.165, 1.54) is 54.1 Å². The van der Waals surface area contributed by atoms with Gasteiger partial charge in [0.1, 0.15) is 0 Å². The molecular weight excluding hydrogens is 320 g/mol. The van der Waals surface area contributed by atoms with E-state index in [4.69, 9.17) is 4.98 Å². The molecule has 0 bridgehead atoms. The molecule has 1 aliphatic carbocycles. The van der Waals surface area contributed by atoms with Gasteiger partial charge >= 0.3 is 0 Å². The van der Waals surface area contributed by atoms with Gasteiger partial charge in [0.05, 0.1) is 23.4 Å². The topological polar surface area (TPSA) is 54.2 Å². The molecule has 1 N–H and O–H groups in total. The van der Waals surface area contributed by atoms with Gasteiger partial charge in [-0.3, -0.25) is 4.68 Å². The zero-order valence-electron chi connectivity index (χ0n) is 14.1. The third-order valence-electron chi connectivity index (χ3n) is 5.14. The van der Waals surface area contributed by atoms with Gasteiger partial charge in [-0.15, -0.1) is 11.3 Å². The number of likely N-dealkylation sites (tertiary alicyclic amines) is 1. The lowest BCUT2D eigenvalue weighted by Gasteiger charge is -2.33. The van der Waals surface area contributed by atoms with Crippen molar-refractivity contribution in [3.63, 3.8) is 0 Å². The Hall–Kier alpha value is -1.24. The van der Waals surface area contributed by atoms with Gasteiger partial charge < -0.3 is 10.0 Å². The van der Waals surface area contributed by atoms with E-state index in [-0.39, 0.29) is 6.10 Å². The predicted molar refractivity (Wildman–Crippen MR) is 95.4 cm³/mol. The summed E-state index contributed by atoms with van der Waals surface area (Å²) in [5.41, 5.74) is 1.37. The third-order valence-corrected chi connectivity index (χ3v) is 6.46. The number of hydrogen-bond donors (Lipinski definition) is 1. The van der Waals surface area contributed by atoms with Crippen molar-refractivity contribution in [2.75, 3.05) is 19.6 Å². The molecule has 2 atom stereocenters. The number of fused-ring (bicyclic) bond motifs is 1. The first-order chi connectivity index (χ1) is 11.8. The third kappa shape index (κ3) is 3.71. The van der Waals surface area contributed by atoms with Crippen LogP contribution in [0.3, 0.4) is 0 Å². The Labute approximate surface area is 147 Å². The van der Waals surface area contributed by atoms with Gasteiger partial charge in [-0.25, -0.2) is 4.98 Å². The summed E-state index contributed by atoms with van der Waals surface area (Å²) in [6.07, 6.45) is 10.7. The number of piperidine rings is 1. The second-order valence-corrected chi connectivity index (χ2v) is 8.22. The van der Waals surface area contributed by atoms with Crippen LogP contribution in [0.25, 0.3) is 0 Å². The Bertz CT molecular complexity index is 631. The summed E-state index contributed by atoms with van der Waals surface area (Å²) in [6, 6.07) is 1.90. The van der Waals surface area contributed by atoms with Crippen LogP contribution >= 0.6 is 11.3 Å². The van der Waals surface area contributed by atoms with E-state index in [1.54, 1.807) is 10.9 Å². The molecular formula is C18H26N4OS. The lowest BCUT2D eigenvalue weighted by atomic mass is 9.98. The quantitative estimate of drug-likeness (QED) is 0.904. The highest BCUT2D eigenvalue weighted by molar-refractivity contribution is 7.11. The van der Waals surface area contributed by atoms with Crippen LogP contribution in [0.2, 0.25) is 0 Å². The van der Waals surface area contributed by atoms with Crippen molar-refractivity contribution >= 4 is 11.3 Å². The van der Waals surface area contributed by atoms with Crippen LogP contribution in [0.15, 0.2) is 18.5 Å². The summed E-state index contributed by atoms with van der Waals surface area (Å²) in [5.74, 6) is 0.547. The smallest absolute Gasteiger partial charge is 0.0974 e. The highest BCUT2D eigenvalue weighted by Gasteiger charge is 2.27. The number of nitrogens with zero attached hydrogens (tertiary/aromatic N) is 4. The van der Waals surface area contributed by atoms with Gasteiger partial charge in [0, 0.05) is 36.3 Å². The molecule has 0 amide bonds. The van der Waals surface area contributed by atoms with Crippen molar-refractivity contribution in [3.05, 3.63) is 34.0 Å². The number of aliphatic hydroxyl groups is 1. The van der Waals surface area contributed by atoms with Gasteiger partial charge in [-0.2, -0.15) is 5.10 Å². The van der Waals surface area contributed by atoms with E-state index >= 15 is 0 Å². The Morgan fingerprint density at radius 2 is 2.17 bits per heavy atom. The molecule has 2 aromatic heterocycles. The van der Waals surface area contributed by atoms with Crippen molar-refractivity contribution < 1.29 is 5.11 Å². The van der Waals surface area contributed by atoms with E-state index in [1.807, 2.05) is 23.6 Å². The Balaban J connectivity index is 1.36. The number of aliphatic hydroxyl groups excluding tert-OH is 1. The first-order valence-electron chi connectivity index (χ1n) is 9.14. The largest absolute Gasteiger partial charge is 0.390 e. The fourth-order valence-electron chi connectivity index (χ4n) is 3.95. The van der Waals surface area contributed by atoms with E-state index < -0.39 is 0 Å². The van der Waals surface area contributed by atoms with Gasteiger partial charge in [-0.1, -0.05) is 0 Å². The molecule has 2 aromatic rings. The molecule has 0 unspecified atom stereocenters. The number of rotatable bonds is 5. The van der Waals surface area contributed by atoms with Gasteiger partial charge in [0.25, 0.3) is 0 Å². The van der Waals surface area contributed by atoms with Crippen LogP contribution in [-0.2, 0) is 19.4 Å². The van der Waals surface area contributed by atoms with E-state index in [0.29, 0.717) is 12.5 Å². The molecule has 0 spiro atoms. The predicted octanol–water partition coefficient (Wildman–Crippen LogP) is 2.46. The SMILES string of the molecule is O[C@@H](CN1CCC[C@@H](c2nc3c(s2)CCCC3)C1)Cn1cccn1. The first-order valence-corrected chi connectivity index (χ1v) is 9.96. The van der Waals surface area contributed by atoms with Gasteiger partial charge in [0.2, 0.25) is 0 Å². The molecule has 5 nitrogen and oxygen atoms in total. The number of aryl methyl sites for hydroxylation is 2. The van der Waals surface area contributed by atoms with Crippen molar-refractivity contribution in [2.24, 2.45) is 0 Å². The lowest BCUT2D eigenvalue weighted by molar-refractivity contribution is 0.0807. The van der Waals surface area contributed by atoms with E-state index in [9.17, 15) is 5.11 Å². The summed E-state index contributed by atoms with van der Waals surface area (Å²) in [7, 11) is 0. The molecule has 24 heavy (non-hydrogen) atoms. The fraction of sp³-hybridized carbons (Fsp3) is 0.667. The standard InChI is InChI=1S/C18H26N4OS/c23-15(13-22-10-4-8-19-22)12-21-9-3-5-14(11-21)18-20-16-6-1-2-7-17(16)24-18/h4,8,10,14-15,23H,1-3,5-7,9,11-13H2/t14-,15+/m1/s1. The molecule has 6 heteroatoms. The molecule has 1 fully saturated rings. The van der Waals surface area contributed by atoms with Crippen LogP contribution < -0.4 is 0 Å². The zero-order chi connectivity index (χ0) is 16.4. The molecule has 1 saturated heterocycles. The fourth-order valence-corrected chi connectivity index (χ4v) is 5.23. The molecule has 0 saturated carbocycles. The van der Waals surface area contributed by atoms with Crippen LogP contribution in [0.4, 0.5) is 0 Å². The molecule has 3 heterocycles. The molecule has 1 aliphatic heterocycles. The zero-order valence-corrected chi connectivity index (χ0v) is 14.9. The van der Waals surface area contributed by atoms with Crippen molar-refractivity contribution in [1.29, 1.82) is 0 Å².